The van der Waals surface area contributed by atoms with Crippen LogP contribution >= 0.6 is 0 Å². The van der Waals surface area contributed by atoms with Crippen LogP contribution < -0.4 is 0 Å². The number of hydrogen-bond donors (Lipinski definition) is 0. The maximum atomic E-state index is 13.5. The molecule has 36 heavy (non-hydrogen) atoms. The van der Waals surface area contributed by atoms with Gasteiger partial charge in [-0.15, -0.1) is 5.10 Å². The lowest BCUT2D eigenvalue weighted by molar-refractivity contribution is -0.141. The van der Waals surface area contributed by atoms with Gasteiger partial charge in [0.15, 0.2) is 5.82 Å². The van der Waals surface area contributed by atoms with Crippen molar-refractivity contribution in [1.29, 1.82) is 0 Å². The third-order valence-electron chi connectivity index (χ3n) is 7.81. The van der Waals surface area contributed by atoms with Crippen LogP contribution in [0.3, 0.4) is 0 Å². The fraction of sp³-hybridized carbons (Fsp3) is 0.440. The van der Waals surface area contributed by atoms with Crippen LogP contribution in [-0.4, -0.2) is 85.7 Å². The maximum absolute atomic E-state index is 13.5. The van der Waals surface area contributed by atoms with Gasteiger partial charge in [-0.25, -0.2) is 9.78 Å². The van der Waals surface area contributed by atoms with Crippen LogP contribution in [0.1, 0.15) is 51.2 Å². The summed E-state index contributed by atoms with van der Waals surface area (Å²) in [7, 11) is 0. The van der Waals surface area contributed by atoms with Crippen molar-refractivity contribution in [2.45, 2.75) is 37.5 Å². The van der Waals surface area contributed by atoms with Crippen LogP contribution in [0.15, 0.2) is 36.7 Å². The molecule has 1 aliphatic carbocycles. The average molecular weight is 488 g/mol. The quantitative estimate of drug-likeness (QED) is 0.500. The predicted octanol–water partition coefficient (Wildman–Crippen LogP) is 1.04. The van der Waals surface area contributed by atoms with E-state index in [9.17, 15) is 9.59 Å². The smallest absolute Gasteiger partial charge is 0.338 e. The molecule has 2 aromatic heterocycles. The van der Waals surface area contributed by atoms with Crippen molar-refractivity contribution in [2.75, 3.05) is 32.8 Å². The second-order valence-corrected chi connectivity index (χ2v) is 9.80. The lowest BCUT2D eigenvalue weighted by atomic mass is 9.98. The normalized spacial score (nSPS) is 25.3. The van der Waals surface area contributed by atoms with E-state index in [-0.39, 0.29) is 29.9 Å². The lowest BCUT2D eigenvalue weighted by Crippen LogP contribution is -2.60. The molecule has 3 aliphatic heterocycles. The van der Waals surface area contributed by atoms with Gasteiger partial charge in [0, 0.05) is 37.4 Å². The molecule has 1 unspecified atom stereocenters. The number of benzene rings is 1. The van der Waals surface area contributed by atoms with Crippen LogP contribution in [0, 0.1) is 0 Å². The molecule has 1 amide bonds. The summed E-state index contributed by atoms with van der Waals surface area (Å²) < 4.78 is 12.9. The highest BCUT2D eigenvalue weighted by atomic mass is 16.5. The molecule has 4 aliphatic rings. The Bertz CT molecular complexity index is 1340. The number of tetrazole rings is 1. The number of fused-ring (bicyclic) bond motifs is 3. The molecule has 0 N–H and O–H groups in total. The molecule has 3 atom stereocenters. The number of amides is 1. The third kappa shape index (κ3) is 3.58. The van der Waals surface area contributed by atoms with Gasteiger partial charge >= 0.3 is 5.97 Å². The Morgan fingerprint density at radius 1 is 1.11 bits per heavy atom. The number of esters is 1. The molecule has 0 radical (unpaired) electrons. The lowest BCUT2D eigenvalue weighted by Gasteiger charge is -2.46. The molecule has 1 aromatic carbocycles. The van der Waals surface area contributed by atoms with Gasteiger partial charge < -0.3 is 14.4 Å². The number of ether oxygens (including phenoxy) is 2. The number of piperazine rings is 1. The number of aryl methyl sites for hydroxylation is 1. The molecule has 0 spiro atoms. The Hall–Kier alpha value is -3.70. The fourth-order valence-electron chi connectivity index (χ4n) is 5.87. The molecule has 184 valence electrons. The number of nitrogens with zero attached hydrogens (tertiary/aromatic N) is 7. The molecule has 3 aromatic rings. The van der Waals surface area contributed by atoms with Gasteiger partial charge in [0.25, 0.3) is 0 Å². The minimum atomic E-state index is -0.254. The van der Waals surface area contributed by atoms with Gasteiger partial charge in [-0.3, -0.25) is 9.69 Å². The number of rotatable bonds is 3. The van der Waals surface area contributed by atoms with Crippen molar-refractivity contribution in [2.24, 2.45) is 0 Å². The zero-order valence-corrected chi connectivity index (χ0v) is 19.6. The number of cyclic esters (lactones) is 1. The van der Waals surface area contributed by atoms with E-state index in [1.807, 2.05) is 35.2 Å². The van der Waals surface area contributed by atoms with Crippen molar-refractivity contribution in [3.8, 4) is 5.82 Å². The summed E-state index contributed by atoms with van der Waals surface area (Å²) in [5.41, 5.74) is 4.61. The maximum Gasteiger partial charge on any atom is 0.338 e. The highest BCUT2D eigenvalue weighted by Gasteiger charge is 2.39. The van der Waals surface area contributed by atoms with Gasteiger partial charge in [-0.1, -0.05) is 12.1 Å². The Morgan fingerprint density at radius 3 is 2.94 bits per heavy atom. The second kappa shape index (κ2) is 8.45. The number of hydrogen-bond acceptors (Lipinski definition) is 9. The summed E-state index contributed by atoms with van der Waals surface area (Å²) >= 11 is 0. The first-order valence-corrected chi connectivity index (χ1v) is 12.3. The second-order valence-electron chi connectivity index (χ2n) is 9.80. The summed E-state index contributed by atoms with van der Waals surface area (Å²) in [6.07, 6.45) is 3.01. The van der Waals surface area contributed by atoms with E-state index < -0.39 is 0 Å². The first kappa shape index (κ1) is 21.6. The highest BCUT2D eigenvalue weighted by Crippen LogP contribution is 2.35. The summed E-state index contributed by atoms with van der Waals surface area (Å²) in [4.78, 5) is 34.4. The van der Waals surface area contributed by atoms with Gasteiger partial charge in [-0.05, 0) is 52.6 Å². The predicted molar refractivity (Wildman–Crippen MR) is 124 cm³/mol. The average Bonchev–Trinajstić information content (AvgIpc) is 3.67. The molecule has 0 saturated carbocycles. The van der Waals surface area contributed by atoms with Gasteiger partial charge in [-0.2, -0.15) is 4.68 Å². The van der Waals surface area contributed by atoms with Crippen molar-refractivity contribution in [1.82, 2.24) is 35.0 Å². The molecule has 0 bridgehead atoms. The van der Waals surface area contributed by atoms with Crippen molar-refractivity contribution < 1.29 is 19.1 Å². The van der Waals surface area contributed by atoms with E-state index >= 15 is 0 Å². The number of carbonyl (C=O) groups excluding carboxylic acids is 2. The SMILES string of the molecule is O=C1OCc2cc([C@@H]3CN4CCN(C(=O)C5CCc6nc(-n7cnnn7)ccc65)C[C@H]4CO3)ccc21. The molecule has 7 rings (SSSR count). The van der Waals surface area contributed by atoms with E-state index in [1.54, 1.807) is 0 Å². The Kier molecular flexibility index (Phi) is 5.07. The molecular weight excluding hydrogens is 462 g/mol. The zero-order valence-electron chi connectivity index (χ0n) is 19.6. The first-order valence-electron chi connectivity index (χ1n) is 12.3. The monoisotopic (exact) mass is 487 g/mol. The Morgan fingerprint density at radius 2 is 2.06 bits per heavy atom. The molecule has 11 heteroatoms. The highest BCUT2D eigenvalue weighted by molar-refractivity contribution is 5.93. The molecule has 11 nitrogen and oxygen atoms in total. The molecule has 2 fully saturated rings. The number of pyridine rings is 1. The largest absolute Gasteiger partial charge is 0.457 e. The Labute approximate surface area is 207 Å². The van der Waals surface area contributed by atoms with E-state index in [1.165, 1.54) is 11.0 Å². The van der Waals surface area contributed by atoms with Crippen LogP contribution in [0.2, 0.25) is 0 Å². The van der Waals surface area contributed by atoms with Crippen LogP contribution in [0.5, 0.6) is 0 Å². The third-order valence-corrected chi connectivity index (χ3v) is 7.81. The van der Waals surface area contributed by atoms with Gasteiger partial charge in [0.05, 0.1) is 30.2 Å². The minimum absolute atomic E-state index is 0.0494. The molecule has 2 saturated heterocycles. The fourth-order valence-corrected chi connectivity index (χ4v) is 5.87. The van der Waals surface area contributed by atoms with E-state index in [0.29, 0.717) is 37.7 Å². The summed E-state index contributed by atoms with van der Waals surface area (Å²) in [6.45, 7) is 3.86. The first-order chi connectivity index (χ1) is 17.6. The van der Waals surface area contributed by atoms with Gasteiger partial charge in [0.1, 0.15) is 12.9 Å². The van der Waals surface area contributed by atoms with Crippen molar-refractivity contribution >= 4 is 11.9 Å². The van der Waals surface area contributed by atoms with E-state index in [4.69, 9.17) is 14.5 Å². The Balaban J connectivity index is 1.01. The summed E-state index contributed by atoms with van der Waals surface area (Å²) in [5, 5.41) is 11.2. The molecular formula is C25H25N7O4. The van der Waals surface area contributed by atoms with E-state index in [2.05, 4.69) is 20.4 Å². The van der Waals surface area contributed by atoms with Crippen molar-refractivity contribution in [3.05, 3.63) is 64.6 Å². The van der Waals surface area contributed by atoms with Crippen molar-refractivity contribution in [3.63, 3.8) is 0 Å². The number of carbonyl (C=O) groups is 2. The van der Waals surface area contributed by atoms with Crippen LogP contribution in [0.4, 0.5) is 0 Å². The van der Waals surface area contributed by atoms with Gasteiger partial charge in [0.2, 0.25) is 5.91 Å². The summed E-state index contributed by atoms with van der Waals surface area (Å²) in [5.74, 6) is 0.429. The van der Waals surface area contributed by atoms with Crippen LogP contribution in [-0.2, 0) is 27.3 Å². The number of aromatic nitrogens is 5. The number of morpholine rings is 1. The van der Waals surface area contributed by atoms with Crippen LogP contribution in [0.25, 0.3) is 5.82 Å². The van der Waals surface area contributed by atoms with E-state index in [0.717, 1.165) is 48.3 Å². The zero-order chi connectivity index (χ0) is 24.2. The topological polar surface area (TPSA) is 116 Å². The molecule has 5 heterocycles. The summed E-state index contributed by atoms with van der Waals surface area (Å²) in [6, 6.07) is 9.88. The minimum Gasteiger partial charge on any atom is -0.457 e. The standard InChI is InChI=1S/C25H25N7O4/c33-24(20-3-5-21-19(20)4-6-23(27-21)32-14-26-28-29-32)31-8-7-30-11-22(35-13-17(30)10-31)15-1-2-18-16(9-15)12-36-25(18)34/h1-2,4,6,9,14,17,20,22H,3,5,7-8,10-13H2/t17-,20?,22-/m0/s1.